The Morgan fingerprint density at radius 1 is 1.54 bits per heavy atom. The molecule has 0 aliphatic heterocycles. The smallest absolute Gasteiger partial charge is 0.102 e. The van der Waals surface area contributed by atoms with Crippen molar-refractivity contribution in [1.82, 2.24) is 0 Å². The molecule has 0 radical (unpaired) electrons. The molecule has 0 aliphatic rings. The maximum atomic E-state index is 8.88. The SMILES string of the molecule is N#Cc1c(N)c(Cl)cc2sccc12. The van der Waals surface area contributed by atoms with Gasteiger partial charge in [0.2, 0.25) is 0 Å². The molecule has 0 saturated heterocycles. The lowest BCUT2D eigenvalue weighted by atomic mass is 10.1. The van der Waals surface area contributed by atoms with E-state index in [1.165, 1.54) is 0 Å². The van der Waals surface area contributed by atoms with Crippen LogP contribution in [0.1, 0.15) is 5.56 Å². The topological polar surface area (TPSA) is 49.8 Å². The van der Waals surface area contributed by atoms with Crippen LogP contribution in [0.4, 0.5) is 5.69 Å². The fraction of sp³-hybridized carbons (Fsp3) is 0. The molecule has 2 nitrogen and oxygen atoms in total. The van der Waals surface area contributed by atoms with Crippen molar-refractivity contribution < 1.29 is 0 Å². The normalized spacial score (nSPS) is 10.2. The van der Waals surface area contributed by atoms with Gasteiger partial charge in [-0.2, -0.15) is 5.26 Å². The molecule has 0 fully saturated rings. The molecule has 2 aromatic rings. The Kier molecular flexibility index (Phi) is 1.87. The first-order valence-corrected chi connectivity index (χ1v) is 4.85. The number of fused-ring (bicyclic) bond motifs is 1. The maximum Gasteiger partial charge on any atom is 0.102 e. The molecule has 1 aromatic heterocycles. The standard InChI is InChI=1S/C9H5ClN2S/c10-7-3-8-5(1-2-13-8)6(4-11)9(7)12/h1-3H,12H2. The summed E-state index contributed by atoms with van der Waals surface area (Å²) in [5.41, 5.74) is 6.51. The van der Waals surface area contributed by atoms with E-state index in [2.05, 4.69) is 6.07 Å². The van der Waals surface area contributed by atoms with E-state index in [-0.39, 0.29) is 0 Å². The third-order valence-electron chi connectivity index (χ3n) is 1.86. The van der Waals surface area contributed by atoms with Crippen LogP contribution in [0, 0.1) is 11.3 Å². The van der Waals surface area contributed by atoms with Gasteiger partial charge in [-0.1, -0.05) is 11.6 Å². The zero-order chi connectivity index (χ0) is 9.42. The van der Waals surface area contributed by atoms with Crippen LogP contribution in [-0.2, 0) is 0 Å². The minimum Gasteiger partial charge on any atom is -0.396 e. The average molecular weight is 209 g/mol. The number of nitrogens with two attached hydrogens (primary N) is 1. The highest BCUT2D eigenvalue weighted by atomic mass is 35.5. The molecule has 0 unspecified atom stereocenters. The molecule has 0 saturated carbocycles. The summed E-state index contributed by atoms with van der Waals surface area (Å²) in [6.07, 6.45) is 0. The van der Waals surface area contributed by atoms with Crippen molar-refractivity contribution in [2.45, 2.75) is 0 Å². The predicted molar refractivity (Wildman–Crippen MR) is 56.0 cm³/mol. The van der Waals surface area contributed by atoms with Crippen LogP contribution in [0.25, 0.3) is 10.1 Å². The molecule has 1 aromatic carbocycles. The largest absolute Gasteiger partial charge is 0.396 e. The lowest BCUT2D eigenvalue weighted by molar-refractivity contribution is 1.51. The predicted octanol–water partition coefficient (Wildman–Crippen LogP) is 3.01. The highest BCUT2D eigenvalue weighted by molar-refractivity contribution is 7.17. The van der Waals surface area contributed by atoms with Gasteiger partial charge in [0.15, 0.2) is 0 Å². The molecule has 1 heterocycles. The molecule has 0 atom stereocenters. The monoisotopic (exact) mass is 208 g/mol. The summed E-state index contributed by atoms with van der Waals surface area (Å²) in [7, 11) is 0. The summed E-state index contributed by atoms with van der Waals surface area (Å²) in [4.78, 5) is 0. The quantitative estimate of drug-likeness (QED) is 0.677. The molecular formula is C9H5ClN2S. The summed E-state index contributed by atoms with van der Waals surface area (Å²) in [6.45, 7) is 0. The number of nitrogens with zero attached hydrogens (tertiary/aromatic N) is 1. The second-order valence-corrected chi connectivity index (χ2v) is 3.95. The number of anilines is 1. The summed E-state index contributed by atoms with van der Waals surface area (Å²) in [5.74, 6) is 0. The van der Waals surface area contributed by atoms with E-state index in [0.29, 0.717) is 16.3 Å². The summed E-state index contributed by atoms with van der Waals surface area (Å²) >= 11 is 7.41. The summed E-state index contributed by atoms with van der Waals surface area (Å²) in [6, 6.07) is 5.73. The third kappa shape index (κ3) is 1.15. The van der Waals surface area contributed by atoms with Gasteiger partial charge >= 0.3 is 0 Å². The zero-order valence-electron chi connectivity index (χ0n) is 6.54. The molecule has 13 heavy (non-hydrogen) atoms. The Balaban J connectivity index is 2.98. The number of thiophene rings is 1. The molecule has 0 spiro atoms. The van der Waals surface area contributed by atoms with Gasteiger partial charge < -0.3 is 5.73 Å². The number of halogens is 1. The van der Waals surface area contributed by atoms with Crippen LogP contribution in [0.2, 0.25) is 5.02 Å². The van der Waals surface area contributed by atoms with Gasteiger partial charge in [-0.25, -0.2) is 0 Å². The highest BCUT2D eigenvalue weighted by Crippen LogP contribution is 2.33. The maximum absolute atomic E-state index is 8.88. The van der Waals surface area contributed by atoms with E-state index in [4.69, 9.17) is 22.6 Å². The van der Waals surface area contributed by atoms with E-state index >= 15 is 0 Å². The Hall–Kier alpha value is -1.24. The zero-order valence-corrected chi connectivity index (χ0v) is 8.12. The summed E-state index contributed by atoms with van der Waals surface area (Å²) < 4.78 is 0.996. The second-order valence-electron chi connectivity index (χ2n) is 2.59. The molecule has 2 rings (SSSR count). The van der Waals surface area contributed by atoms with E-state index < -0.39 is 0 Å². The first-order valence-electron chi connectivity index (χ1n) is 3.59. The van der Waals surface area contributed by atoms with Gasteiger partial charge in [0.25, 0.3) is 0 Å². The van der Waals surface area contributed by atoms with Gasteiger partial charge in [0.1, 0.15) is 6.07 Å². The Labute approximate surface area is 84.2 Å². The van der Waals surface area contributed by atoms with Gasteiger partial charge in [0.05, 0.1) is 16.3 Å². The highest BCUT2D eigenvalue weighted by Gasteiger charge is 2.09. The minimum atomic E-state index is 0.370. The summed E-state index contributed by atoms with van der Waals surface area (Å²) in [5, 5.41) is 12.1. The van der Waals surface area contributed by atoms with Crippen molar-refractivity contribution in [3.63, 3.8) is 0 Å². The molecule has 0 aliphatic carbocycles. The number of benzene rings is 1. The fourth-order valence-electron chi connectivity index (χ4n) is 1.22. The van der Waals surface area contributed by atoms with Crippen molar-refractivity contribution in [2.24, 2.45) is 0 Å². The van der Waals surface area contributed by atoms with Crippen molar-refractivity contribution in [3.05, 3.63) is 28.1 Å². The van der Waals surface area contributed by atoms with Crippen LogP contribution in [0.15, 0.2) is 17.5 Å². The third-order valence-corrected chi connectivity index (χ3v) is 3.04. The van der Waals surface area contributed by atoms with E-state index in [0.717, 1.165) is 10.1 Å². The van der Waals surface area contributed by atoms with Gasteiger partial charge in [-0.15, -0.1) is 11.3 Å². The van der Waals surface area contributed by atoms with Crippen LogP contribution >= 0.6 is 22.9 Å². The van der Waals surface area contributed by atoms with Crippen molar-refractivity contribution >= 4 is 38.7 Å². The lowest BCUT2D eigenvalue weighted by Gasteiger charge is -2.01. The average Bonchev–Trinajstić information content (AvgIpc) is 2.54. The van der Waals surface area contributed by atoms with Crippen LogP contribution < -0.4 is 5.73 Å². The number of rotatable bonds is 0. The minimum absolute atomic E-state index is 0.370. The second kappa shape index (κ2) is 2.91. The number of nitrogen functional groups attached to an aromatic ring is 1. The van der Waals surface area contributed by atoms with Gasteiger partial charge in [-0.3, -0.25) is 0 Å². The number of hydrogen-bond donors (Lipinski definition) is 1. The molecule has 4 heteroatoms. The first-order chi connectivity index (χ1) is 6.24. The fourth-order valence-corrected chi connectivity index (χ4v) is 2.32. The van der Waals surface area contributed by atoms with Crippen LogP contribution in [0.3, 0.4) is 0 Å². The number of hydrogen-bond acceptors (Lipinski definition) is 3. The molecule has 64 valence electrons. The van der Waals surface area contributed by atoms with Gasteiger partial charge in [-0.05, 0) is 17.5 Å². The molecule has 2 N–H and O–H groups in total. The van der Waals surface area contributed by atoms with Crippen LogP contribution in [-0.4, -0.2) is 0 Å². The Morgan fingerprint density at radius 3 is 3.00 bits per heavy atom. The van der Waals surface area contributed by atoms with E-state index in [1.807, 2.05) is 11.4 Å². The Morgan fingerprint density at radius 2 is 2.31 bits per heavy atom. The van der Waals surface area contributed by atoms with E-state index in [9.17, 15) is 0 Å². The van der Waals surface area contributed by atoms with Crippen LogP contribution in [0.5, 0.6) is 0 Å². The van der Waals surface area contributed by atoms with Crippen molar-refractivity contribution in [2.75, 3.05) is 5.73 Å². The molecule has 0 bridgehead atoms. The lowest BCUT2D eigenvalue weighted by Crippen LogP contribution is -1.91. The van der Waals surface area contributed by atoms with E-state index in [1.54, 1.807) is 17.4 Å². The Bertz CT molecular complexity index is 510. The van der Waals surface area contributed by atoms with Crippen molar-refractivity contribution in [3.8, 4) is 6.07 Å². The van der Waals surface area contributed by atoms with Crippen molar-refractivity contribution in [1.29, 1.82) is 5.26 Å². The number of nitriles is 1. The molecule has 0 amide bonds. The first kappa shape index (κ1) is 8.36. The molecular weight excluding hydrogens is 204 g/mol. The van der Waals surface area contributed by atoms with Gasteiger partial charge in [0, 0.05) is 10.1 Å².